The van der Waals surface area contributed by atoms with Gasteiger partial charge in [0.2, 0.25) is 0 Å². The number of hydrogen-bond donors (Lipinski definition) is 2. The second-order valence-corrected chi connectivity index (χ2v) is 6.82. The van der Waals surface area contributed by atoms with E-state index in [0.717, 1.165) is 19.0 Å². The molecule has 0 bridgehead atoms. The molecule has 0 radical (unpaired) electrons. The maximum absolute atomic E-state index is 6.48. The highest BCUT2D eigenvalue weighted by atomic mass is 15.2. The number of nitrogens with one attached hydrogen (secondary N) is 1. The third-order valence-electron chi connectivity index (χ3n) is 5.38. The van der Waals surface area contributed by atoms with E-state index in [4.69, 9.17) is 5.73 Å². The second kappa shape index (κ2) is 5.08. The van der Waals surface area contributed by atoms with E-state index in [-0.39, 0.29) is 5.54 Å². The van der Waals surface area contributed by atoms with Crippen LogP contribution in [0.25, 0.3) is 0 Å². The van der Waals surface area contributed by atoms with Gasteiger partial charge < -0.3 is 20.9 Å². The number of nitrogens with zero attached hydrogens (tertiary/aromatic N) is 2. The predicted molar refractivity (Wildman–Crippen MR) is 74.6 cm³/mol. The first-order chi connectivity index (χ1) is 8.66. The number of piperidine rings is 2. The van der Waals surface area contributed by atoms with E-state index in [0.29, 0.717) is 5.92 Å². The van der Waals surface area contributed by atoms with Crippen molar-refractivity contribution in [1.29, 1.82) is 0 Å². The Kier molecular flexibility index (Phi) is 3.63. The van der Waals surface area contributed by atoms with Crippen LogP contribution >= 0.6 is 0 Å². The minimum absolute atomic E-state index is 0.100. The molecule has 0 aromatic heterocycles. The fourth-order valence-corrected chi connectivity index (χ4v) is 3.91. The molecule has 3 aliphatic heterocycles. The Hall–Kier alpha value is -0.160. The van der Waals surface area contributed by atoms with E-state index in [1.54, 1.807) is 0 Å². The minimum atomic E-state index is 0.100. The first kappa shape index (κ1) is 12.9. The fourth-order valence-electron chi connectivity index (χ4n) is 3.91. The van der Waals surface area contributed by atoms with Crippen LogP contribution < -0.4 is 11.1 Å². The van der Waals surface area contributed by atoms with Gasteiger partial charge >= 0.3 is 0 Å². The molecule has 0 amide bonds. The lowest BCUT2D eigenvalue weighted by Crippen LogP contribution is -2.57. The van der Waals surface area contributed by atoms with E-state index in [1.807, 2.05) is 0 Å². The molecule has 3 fully saturated rings. The van der Waals surface area contributed by atoms with Crippen molar-refractivity contribution < 1.29 is 0 Å². The Morgan fingerprint density at radius 3 is 2.83 bits per heavy atom. The summed E-state index contributed by atoms with van der Waals surface area (Å²) in [5, 5.41) is 3.48. The van der Waals surface area contributed by atoms with Crippen molar-refractivity contribution in [3.63, 3.8) is 0 Å². The standard InChI is InChI=1S/C14H28N4/c1-17-5-2-12(3-6-17)9-18-7-4-14(15)11-16-8-13(14)10-18/h12-13,16H,2-11,15H2,1H3/t13-,14+/m1/s1. The number of likely N-dealkylation sites (tertiary alicyclic amines) is 2. The highest BCUT2D eigenvalue weighted by Crippen LogP contribution is 2.30. The van der Waals surface area contributed by atoms with Gasteiger partial charge in [-0.15, -0.1) is 0 Å². The van der Waals surface area contributed by atoms with Crippen LogP contribution in [0.2, 0.25) is 0 Å². The quantitative estimate of drug-likeness (QED) is 0.723. The summed E-state index contributed by atoms with van der Waals surface area (Å²) in [7, 11) is 2.24. The molecule has 0 aliphatic carbocycles. The zero-order valence-electron chi connectivity index (χ0n) is 11.7. The molecule has 2 atom stereocenters. The molecule has 3 saturated heterocycles. The molecule has 0 saturated carbocycles. The Morgan fingerprint density at radius 1 is 1.28 bits per heavy atom. The molecule has 0 spiro atoms. The number of nitrogens with two attached hydrogens (primary N) is 1. The lowest BCUT2D eigenvalue weighted by Gasteiger charge is -2.43. The van der Waals surface area contributed by atoms with Gasteiger partial charge in [0.1, 0.15) is 0 Å². The monoisotopic (exact) mass is 252 g/mol. The number of fused-ring (bicyclic) bond motifs is 1. The molecule has 18 heavy (non-hydrogen) atoms. The molecule has 4 heteroatoms. The van der Waals surface area contributed by atoms with Crippen molar-refractivity contribution >= 4 is 0 Å². The fraction of sp³-hybridized carbons (Fsp3) is 1.00. The van der Waals surface area contributed by atoms with Crippen LogP contribution in [0.3, 0.4) is 0 Å². The topological polar surface area (TPSA) is 44.5 Å². The van der Waals surface area contributed by atoms with Crippen LogP contribution in [0.4, 0.5) is 0 Å². The van der Waals surface area contributed by atoms with Gasteiger partial charge in [-0.1, -0.05) is 0 Å². The third kappa shape index (κ3) is 2.57. The number of rotatable bonds is 2. The normalized spacial score (nSPS) is 40.0. The lowest BCUT2D eigenvalue weighted by atomic mass is 9.81. The zero-order chi connectivity index (χ0) is 12.6. The van der Waals surface area contributed by atoms with E-state index in [1.165, 1.54) is 52.0 Å². The summed E-state index contributed by atoms with van der Waals surface area (Å²) in [5.41, 5.74) is 6.58. The van der Waals surface area contributed by atoms with Crippen molar-refractivity contribution in [3.05, 3.63) is 0 Å². The molecule has 3 aliphatic rings. The van der Waals surface area contributed by atoms with Crippen molar-refractivity contribution in [2.75, 3.05) is 52.9 Å². The smallest absolute Gasteiger partial charge is 0.0346 e. The number of hydrogen-bond acceptors (Lipinski definition) is 4. The van der Waals surface area contributed by atoms with E-state index >= 15 is 0 Å². The molecular formula is C14H28N4. The van der Waals surface area contributed by atoms with Gasteiger partial charge in [-0.3, -0.25) is 0 Å². The van der Waals surface area contributed by atoms with Gasteiger partial charge in [-0.2, -0.15) is 0 Å². The summed E-state index contributed by atoms with van der Waals surface area (Å²) in [5.74, 6) is 1.60. The van der Waals surface area contributed by atoms with Gasteiger partial charge in [-0.05, 0) is 51.9 Å². The van der Waals surface area contributed by atoms with Crippen LogP contribution in [0.5, 0.6) is 0 Å². The molecule has 3 heterocycles. The van der Waals surface area contributed by atoms with Crippen LogP contribution in [0, 0.1) is 11.8 Å². The molecule has 0 aromatic carbocycles. The lowest BCUT2D eigenvalue weighted by molar-refractivity contribution is 0.0931. The van der Waals surface area contributed by atoms with Crippen molar-refractivity contribution in [1.82, 2.24) is 15.1 Å². The summed E-state index contributed by atoms with van der Waals surface area (Å²) in [6.45, 7) is 8.45. The van der Waals surface area contributed by atoms with E-state index < -0.39 is 0 Å². The van der Waals surface area contributed by atoms with Crippen LogP contribution in [-0.2, 0) is 0 Å². The molecule has 104 valence electrons. The maximum atomic E-state index is 6.48. The Balaban J connectivity index is 1.50. The Morgan fingerprint density at radius 2 is 2.06 bits per heavy atom. The van der Waals surface area contributed by atoms with Crippen LogP contribution in [-0.4, -0.2) is 68.2 Å². The first-order valence-electron chi connectivity index (χ1n) is 7.56. The minimum Gasteiger partial charge on any atom is -0.324 e. The van der Waals surface area contributed by atoms with Gasteiger partial charge in [0.25, 0.3) is 0 Å². The summed E-state index contributed by atoms with van der Waals surface area (Å²) < 4.78 is 0. The van der Waals surface area contributed by atoms with Crippen LogP contribution in [0.1, 0.15) is 19.3 Å². The highest BCUT2D eigenvalue weighted by Gasteiger charge is 2.43. The largest absolute Gasteiger partial charge is 0.324 e. The molecule has 4 nitrogen and oxygen atoms in total. The second-order valence-electron chi connectivity index (χ2n) is 6.82. The molecule has 3 N–H and O–H groups in total. The van der Waals surface area contributed by atoms with Crippen molar-refractivity contribution in [2.45, 2.75) is 24.8 Å². The van der Waals surface area contributed by atoms with E-state index in [2.05, 4.69) is 22.2 Å². The third-order valence-corrected chi connectivity index (χ3v) is 5.38. The summed E-state index contributed by atoms with van der Waals surface area (Å²) >= 11 is 0. The molecular weight excluding hydrogens is 224 g/mol. The van der Waals surface area contributed by atoms with Gasteiger partial charge in [0, 0.05) is 37.6 Å². The summed E-state index contributed by atoms with van der Waals surface area (Å²) in [4.78, 5) is 5.14. The van der Waals surface area contributed by atoms with E-state index in [9.17, 15) is 0 Å². The van der Waals surface area contributed by atoms with Gasteiger partial charge in [-0.25, -0.2) is 0 Å². The molecule has 0 aromatic rings. The maximum Gasteiger partial charge on any atom is 0.0346 e. The van der Waals surface area contributed by atoms with Gasteiger partial charge in [0.15, 0.2) is 0 Å². The van der Waals surface area contributed by atoms with Crippen molar-refractivity contribution in [3.8, 4) is 0 Å². The zero-order valence-corrected chi connectivity index (χ0v) is 11.7. The predicted octanol–water partition coefficient (Wildman–Crippen LogP) is -0.0492. The summed E-state index contributed by atoms with van der Waals surface area (Å²) in [6.07, 6.45) is 3.94. The summed E-state index contributed by atoms with van der Waals surface area (Å²) in [6, 6.07) is 0. The first-order valence-corrected chi connectivity index (χ1v) is 7.56. The Labute approximate surface area is 111 Å². The van der Waals surface area contributed by atoms with Crippen LogP contribution in [0.15, 0.2) is 0 Å². The van der Waals surface area contributed by atoms with Crippen molar-refractivity contribution in [2.24, 2.45) is 17.6 Å². The average molecular weight is 252 g/mol. The Bertz CT molecular complexity index is 288. The average Bonchev–Trinajstić information content (AvgIpc) is 2.73. The molecule has 0 unspecified atom stereocenters. The SMILES string of the molecule is CN1CCC(CN2CC[C@]3(N)CNC[C@@H]3C2)CC1. The molecule has 3 rings (SSSR count). The highest BCUT2D eigenvalue weighted by molar-refractivity contribution is 5.04. The van der Waals surface area contributed by atoms with Gasteiger partial charge in [0.05, 0.1) is 0 Å².